The first-order valence-electron chi connectivity index (χ1n) is 16.5. The summed E-state index contributed by atoms with van der Waals surface area (Å²) in [5, 5.41) is 7.68. The van der Waals surface area contributed by atoms with Crippen LogP contribution in [0, 0.1) is 27.7 Å². The maximum Gasteiger partial charge on any atom is 0.264 e. The number of sulfonamides is 2. The van der Waals surface area contributed by atoms with Crippen molar-refractivity contribution in [2.75, 3.05) is 20.1 Å². The maximum atomic E-state index is 13.7. The molecule has 3 aromatic heterocycles. The quantitative estimate of drug-likeness (QED) is 0.107. The number of hydrogen-bond acceptors (Lipinski definition) is 11. The number of anilines is 5. The number of aromatic nitrogens is 5. The summed E-state index contributed by atoms with van der Waals surface area (Å²) >= 11 is 0. The van der Waals surface area contributed by atoms with E-state index in [1.807, 2.05) is 30.3 Å². The van der Waals surface area contributed by atoms with Gasteiger partial charge in [0, 0.05) is 44.9 Å². The highest BCUT2D eigenvalue weighted by Gasteiger charge is 2.20. The molecule has 0 atom stereocenters. The number of rotatable bonds is 10. The summed E-state index contributed by atoms with van der Waals surface area (Å²) in [6.45, 7) is 7.00. The minimum absolute atomic E-state index is 0.00832. The molecule has 272 valence electrons. The van der Waals surface area contributed by atoms with E-state index in [2.05, 4.69) is 40.0 Å². The number of pyridine rings is 1. The van der Waals surface area contributed by atoms with E-state index >= 15 is 0 Å². The summed E-state index contributed by atoms with van der Waals surface area (Å²) in [5.41, 5.74) is 5.48. The molecular weight excluding hydrogens is 727 g/mol. The van der Waals surface area contributed by atoms with E-state index in [4.69, 9.17) is 4.98 Å². The molecule has 14 nitrogen and oxygen atoms in total. The third-order valence-electron chi connectivity index (χ3n) is 8.23. The van der Waals surface area contributed by atoms with Gasteiger partial charge in [0.1, 0.15) is 0 Å². The van der Waals surface area contributed by atoms with Crippen molar-refractivity contribution in [2.24, 2.45) is 0 Å². The Labute approximate surface area is 311 Å². The van der Waals surface area contributed by atoms with E-state index in [0.717, 1.165) is 5.39 Å². The Kier molecular flexibility index (Phi) is 9.39. The molecule has 0 aliphatic heterocycles. The molecule has 16 heteroatoms. The van der Waals surface area contributed by atoms with Crippen LogP contribution in [0.15, 0.2) is 113 Å². The third-order valence-corrected chi connectivity index (χ3v) is 10.9. The van der Waals surface area contributed by atoms with Gasteiger partial charge in [-0.25, -0.2) is 51.2 Å². The molecule has 0 radical (unpaired) electrons. The van der Waals surface area contributed by atoms with Crippen LogP contribution in [-0.2, 0) is 20.0 Å². The molecule has 0 unspecified atom stereocenters. The van der Waals surface area contributed by atoms with Gasteiger partial charge >= 0.3 is 0 Å². The summed E-state index contributed by atoms with van der Waals surface area (Å²) in [7, 11) is -7.96. The lowest BCUT2D eigenvalue weighted by molar-refractivity contribution is 0.102. The standard InChI is InChI=1S/C38H33N9O5S2/c1-22-20-23(2)40-37(39-22)46-53(49,50)28-16-12-26(13-17-28)43-34-30-8-5-6-11-33(30)45-35-31(34)9-7-10-32(35)36(48)44-27-14-18-29(19-15-27)54(51,52)47-38-41-24(3)21-25(4)42-38/h5-21H,1-4H3,(H,43,45)(H,44,48)(H,39,40,46)(H,41,42,47). The number of aryl methyl sites for hydroxylation is 4. The van der Waals surface area contributed by atoms with Crippen LogP contribution in [0.1, 0.15) is 33.1 Å². The lowest BCUT2D eigenvalue weighted by Gasteiger charge is -2.16. The highest BCUT2D eigenvalue weighted by Crippen LogP contribution is 2.35. The van der Waals surface area contributed by atoms with Crippen molar-refractivity contribution in [3.05, 3.63) is 131 Å². The second-order valence-electron chi connectivity index (χ2n) is 12.5. The molecule has 0 spiro atoms. The van der Waals surface area contributed by atoms with Crippen molar-refractivity contribution in [3.63, 3.8) is 0 Å². The number of carbonyl (C=O) groups excluding carboxylic acids is 1. The smallest absolute Gasteiger partial charge is 0.264 e. The van der Waals surface area contributed by atoms with Crippen LogP contribution in [0.25, 0.3) is 21.8 Å². The van der Waals surface area contributed by atoms with E-state index in [9.17, 15) is 21.6 Å². The first-order valence-corrected chi connectivity index (χ1v) is 19.5. The molecular formula is C38H33N9O5S2. The predicted octanol–water partition coefficient (Wildman–Crippen LogP) is 6.80. The van der Waals surface area contributed by atoms with Gasteiger partial charge in [-0.3, -0.25) is 4.79 Å². The normalized spacial score (nSPS) is 11.7. The molecule has 0 fully saturated rings. The van der Waals surface area contributed by atoms with E-state index in [1.54, 1.807) is 64.1 Å². The summed E-state index contributed by atoms with van der Waals surface area (Å²) < 4.78 is 57.1. The lowest BCUT2D eigenvalue weighted by atomic mass is 10.0. The van der Waals surface area contributed by atoms with Gasteiger partial charge in [0.2, 0.25) is 11.9 Å². The average Bonchev–Trinajstić information content (AvgIpc) is 3.10. The number of amides is 1. The number of fused-ring (bicyclic) bond motifs is 2. The summed E-state index contributed by atoms with van der Waals surface area (Å²) in [4.78, 5) is 35.2. The van der Waals surface area contributed by atoms with Crippen molar-refractivity contribution in [1.82, 2.24) is 24.9 Å². The number of hydrogen-bond donors (Lipinski definition) is 4. The van der Waals surface area contributed by atoms with Crippen molar-refractivity contribution in [3.8, 4) is 0 Å². The zero-order valence-electron chi connectivity index (χ0n) is 29.4. The molecule has 3 heterocycles. The van der Waals surface area contributed by atoms with Crippen LogP contribution in [0.4, 0.5) is 29.0 Å². The van der Waals surface area contributed by atoms with E-state index in [0.29, 0.717) is 56.3 Å². The average molecular weight is 760 g/mol. The van der Waals surface area contributed by atoms with Crippen LogP contribution in [-0.4, -0.2) is 47.7 Å². The van der Waals surface area contributed by atoms with Gasteiger partial charge in [-0.1, -0.05) is 30.3 Å². The van der Waals surface area contributed by atoms with Crippen molar-refractivity contribution >= 4 is 76.7 Å². The summed E-state index contributed by atoms with van der Waals surface area (Å²) in [5.74, 6) is -0.496. The largest absolute Gasteiger partial charge is 0.354 e. The fourth-order valence-electron chi connectivity index (χ4n) is 5.91. The summed E-state index contributed by atoms with van der Waals surface area (Å²) in [6, 6.07) is 28.1. The Hall–Kier alpha value is -6.52. The van der Waals surface area contributed by atoms with Crippen LogP contribution in [0.3, 0.4) is 0 Å². The Bertz CT molecular complexity index is 2780. The zero-order chi connectivity index (χ0) is 38.2. The fraction of sp³-hybridized carbons (Fsp3) is 0.105. The van der Waals surface area contributed by atoms with E-state index < -0.39 is 26.0 Å². The Morgan fingerprint density at radius 1 is 0.537 bits per heavy atom. The van der Waals surface area contributed by atoms with Gasteiger partial charge in [-0.05, 0) is 100 Å². The molecule has 0 saturated carbocycles. The van der Waals surface area contributed by atoms with Crippen LogP contribution >= 0.6 is 0 Å². The minimum atomic E-state index is -3.99. The highest BCUT2D eigenvalue weighted by atomic mass is 32.2. The second-order valence-corrected chi connectivity index (χ2v) is 15.9. The topological polar surface area (TPSA) is 198 Å². The van der Waals surface area contributed by atoms with E-state index in [-0.39, 0.29) is 27.3 Å². The number of carbonyl (C=O) groups is 1. The van der Waals surface area contributed by atoms with E-state index in [1.165, 1.54) is 36.4 Å². The Morgan fingerprint density at radius 2 is 1.02 bits per heavy atom. The van der Waals surface area contributed by atoms with Crippen molar-refractivity contribution in [1.29, 1.82) is 0 Å². The molecule has 1 amide bonds. The van der Waals surface area contributed by atoms with Gasteiger partial charge in [-0.2, -0.15) is 0 Å². The van der Waals surface area contributed by atoms with Gasteiger partial charge in [0.15, 0.2) is 0 Å². The molecule has 0 bridgehead atoms. The fourth-order valence-corrected chi connectivity index (χ4v) is 7.80. The molecule has 0 aliphatic carbocycles. The number of nitrogens with zero attached hydrogens (tertiary/aromatic N) is 5. The molecule has 54 heavy (non-hydrogen) atoms. The molecule has 7 rings (SSSR count). The Balaban J connectivity index is 1.14. The van der Waals surface area contributed by atoms with Crippen LogP contribution < -0.4 is 20.1 Å². The predicted molar refractivity (Wildman–Crippen MR) is 208 cm³/mol. The molecule has 7 aromatic rings. The minimum Gasteiger partial charge on any atom is -0.354 e. The molecule has 0 aliphatic rings. The highest BCUT2D eigenvalue weighted by molar-refractivity contribution is 7.93. The van der Waals surface area contributed by atoms with Crippen molar-refractivity contribution in [2.45, 2.75) is 37.5 Å². The zero-order valence-corrected chi connectivity index (χ0v) is 31.0. The Morgan fingerprint density at radius 3 is 1.56 bits per heavy atom. The first-order chi connectivity index (χ1) is 25.7. The van der Waals surface area contributed by atoms with Crippen molar-refractivity contribution < 1.29 is 21.6 Å². The van der Waals surface area contributed by atoms with Gasteiger partial charge in [0.25, 0.3) is 26.0 Å². The number of nitrogens with one attached hydrogen (secondary N) is 4. The maximum absolute atomic E-state index is 13.7. The second kappa shape index (κ2) is 14.1. The van der Waals surface area contributed by atoms with Crippen LogP contribution in [0.2, 0.25) is 0 Å². The third kappa shape index (κ3) is 7.65. The van der Waals surface area contributed by atoms with Gasteiger partial charge in [-0.15, -0.1) is 0 Å². The number of para-hydroxylation sites is 2. The van der Waals surface area contributed by atoms with Crippen LogP contribution in [0.5, 0.6) is 0 Å². The summed E-state index contributed by atoms with van der Waals surface area (Å²) in [6.07, 6.45) is 0. The van der Waals surface area contributed by atoms with Gasteiger partial charge in [0.05, 0.1) is 32.1 Å². The molecule has 4 N–H and O–H groups in total. The molecule has 4 aromatic carbocycles. The monoisotopic (exact) mass is 759 g/mol. The lowest BCUT2D eigenvalue weighted by Crippen LogP contribution is -2.16. The first kappa shape index (κ1) is 35.9. The number of benzene rings is 4. The van der Waals surface area contributed by atoms with Gasteiger partial charge < -0.3 is 10.6 Å². The SMILES string of the molecule is Cc1cc(C)nc(NS(=O)(=O)c2ccc(NC(=O)c3cccc4c(Nc5ccc(S(=O)(=O)Nc6nc(C)cc(C)n6)cc5)c5ccccc5nc34)cc2)n1. The molecule has 0 saturated heterocycles.